The van der Waals surface area contributed by atoms with Crippen molar-refractivity contribution in [1.82, 2.24) is 0 Å². The molecule has 0 aliphatic heterocycles. The molecule has 1 fully saturated rings. The van der Waals surface area contributed by atoms with Gasteiger partial charge in [-0.15, -0.1) is 0 Å². The van der Waals surface area contributed by atoms with E-state index in [0.717, 1.165) is 29.7 Å². The van der Waals surface area contributed by atoms with Gasteiger partial charge in [-0.25, -0.2) is 0 Å². The van der Waals surface area contributed by atoms with Gasteiger partial charge in [0, 0.05) is 18.6 Å². The van der Waals surface area contributed by atoms with Gasteiger partial charge < -0.3 is 9.84 Å². The molecule has 1 aliphatic carbocycles. The number of rotatable bonds is 3. The first kappa shape index (κ1) is 12.8. The van der Waals surface area contributed by atoms with Gasteiger partial charge in [-0.3, -0.25) is 4.79 Å². The molecule has 0 aromatic heterocycles. The number of allylic oxidation sites excluding steroid dienone is 1. The summed E-state index contributed by atoms with van der Waals surface area (Å²) < 4.78 is 5.27. The zero-order valence-electron chi connectivity index (χ0n) is 10.6. The molecule has 0 saturated heterocycles. The third-order valence-electron chi connectivity index (χ3n) is 3.38. The molecular formula is C15H18O3. The molecule has 1 unspecified atom stereocenters. The van der Waals surface area contributed by atoms with Crippen molar-refractivity contribution >= 4 is 11.9 Å². The number of hydrogen-bond donors (Lipinski definition) is 1. The Morgan fingerprint density at radius 3 is 2.89 bits per heavy atom. The number of aliphatic hydroxyl groups excluding tert-OH is 1. The molecule has 1 saturated carbocycles. The summed E-state index contributed by atoms with van der Waals surface area (Å²) >= 11 is 0. The number of Topliss-reactive ketones (excluding diaryl/α,β-unsaturated/α-hetero) is 1. The molecule has 3 nitrogen and oxygen atoms in total. The smallest absolute Gasteiger partial charge is 0.159 e. The standard InChI is InChI=1S/C15H18O3/c1-18-15-5-3-2-4-13(15)9-12-7-6-11(10-16)8-14(12)17/h2-5,9,11,16H,6-8,10H2,1H3. The molecule has 0 bridgehead atoms. The van der Waals surface area contributed by atoms with Crippen LogP contribution in [-0.4, -0.2) is 24.6 Å². The summed E-state index contributed by atoms with van der Waals surface area (Å²) in [4.78, 5) is 11.9. The Kier molecular flexibility index (Phi) is 4.15. The van der Waals surface area contributed by atoms with Crippen LogP contribution in [0.1, 0.15) is 24.8 Å². The largest absolute Gasteiger partial charge is 0.496 e. The maximum Gasteiger partial charge on any atom is 0.159 e. The Hall–Kier alpha value is -1.61. The zero-order chi connectivity index (χ0) is 13.0. The van der Waals surface area contributed by atoms with Crippen molar-refractivity contribution in [1.29, 1.82) is 0 Å². The maximum absolute atomic E-state index is 11.9. The molecule has 96 valence electrons. The Morgan fingerprint density at radius 2 is 2.22 bits per heavy atom. The molecule has 0 amide bonds. The molecule has 0 radical (unpaired) electrons. The molecule has 1 aromatic carbocycles. The number of aliphatic hydroxyl groups is 1. The van der Waals surface area contributed by atoms with E-state index in [4.69, 9.17) is 9.84 Å². The van der Waals surface area contributed by atoms with E-state index >= 15 is 0 Å². The van der Waals surface area contributed by atoms with Crippen molar-refractivity contribution in [2.75, 3.05) is 13.7 Å². The second kappa shape index (κ2) is 5.83. The van der Waals surface area contributed by atoms with E-state index in [1.807, 2.05) is 30.3 Å². The minimum atomic E-state index is 0.105. The first-order chi connectivity index (χ1) is 8.74. The van der Waals surface area contributed by atoms with Crippen molar-refractivity contribution in [3.8, 4) is 5.75 Å². The Balaban J connectivity index is 2.21. The summed E-state index contributed by atoms with van der Waals surface area (Å²) in [6.45, 7) is 0.105. The quantitative estimate of drug-likeness (QED) is 0.833. The lowest BCUT2D eigenvalue weighted by molar-refractivity contribution is -0.117. The Morgan fingerprint density at radius 1 is 1.44 bits per heavy atom. The number of methoxy groups -OCH3 is 1. The first-order valence-corrected chi connectivity index (χ1v) is 6.22. The average molecular weight is 246 g/mol. The van der Waals surface area contributed by atoms with E-state index in [2.05, 4.69) is 0 Å². The highest BCUT2D eigenvalue weighted by Gasteiger charge is 2.23. The molecule has 2 rings (SSSR count). The van der Waals surface area contributed by atoms with Crippen LogP contribution in [0.15, 0.2) is 29.8 Å². The van der Waals surface area contributed by atoms with Gasteiger partial charge in [0.05, 0.1) is 7.11 Å². The van der Waals surface area contributed by atoms with Gasteiger partial charge >= 0.3 is 0 Å². The molecule has 18 heavy (non-hydrogen) atoms. The van der Waals surface area contributed by atoms with Crippen LogP contribution in [0, 0.1) is 5.92 Å². The van der Waals surface area contributed by atoms with Crippen molar-refractivity contribution in [2.24, 2.45) is 5.92 Å². The average Bonchev–Trinajstić information content (AvgIpc) is 2.41. The molecule has 0 heterocycles. The molecule has 3 heteroatoms. The molecular weight excluding hydrogens is 228 g/mol. The zero-order valence-corrected chi connectivity index (χ0v) is 10.6. The lowest BCUT2D eigenvalue weighted by Crippen LogP contribution is -2.20. The van der Waals surface area contributed by atoms with E-state index in [1.165, 1.54) is 0 Å². The highest BCUT2D eigenvalue weighted by Crippen LogP contribution is 2.28. The fraction of sp³-hybridized carbons (Fsp3) is 0.400. The van der Waals surface area contributed by atoms with E-state index in [1.54, 1.807) is 7.11 Å². The second-order valence-electron chi connectivity index (χ2n) is 4.63. The van der Waals surface area contributed by atoms with Crippen LogP contribution in [0.4, 0.5) is 0 Å². The first-order valence-electron chi connectivity index (χ1n) is 6.22. The van der Waals surface area contributed by atoms with E-state index < -0.39 is 0 Å². The monoisotopic (exact) mass is 246 g/mol. The van der Waals surface area contributed by atoms with Crippen molar-refractivity contribution in [2.45, 2.75) is 19.3 Å². The van der Waals surface area contributed by atoms with Crippen molar-refractivity contribution < 1.29 is 14.6 Å². The second-order valence-corrected chi connectivity index (χ2v) is 4.63. The van der Waals surface area contributed by atoms with Gasteiger partial charge in [-0.05, 0) is 36.5 Å². The predicted octanol–water partition coefficient (Wildman–Crippen LogP) is 2.44. The highest BCUT2D eigenvalue weighted by molar-refractivity contribution is 6.00. The van der Waals surface area contributed by atoms with Crippen LogP contribution in [0.5, 0.6) is 5.75 Å². The fourth-order valence-corrected chi connectivity index (χ4v) is 2.28. The summed E-state index contributed by atoms with van der Waals surface area (Å²) in [7, 11) is 1.63. The van der Waals surface area contributed by atoms with E-state index in [0.29, 0.717) is 6.42 Å². The van der Waals surface area contributed by atoms with Gasteiger partial charge in [-0.2, -0.15) is 0 Å². The van der Waals surface area contributed by atoms with Crippen LogP contribution < -0.4 is 4.74 Å². The summed E-state index contributed by atoms with van der Waals surface area (Å²) in [5.41, 5.74) is 1.77. The number of hydrogen-bond acceptors (Lipinski definition) is 3. The van der Waals surface area contributed by atoms with Gasteiger partial charge in [-0.1, -0.05) is 18.2 Å². The van der Waals surface area contributed by atoms with Crippen LogP contribution in [0.3, 0.4) is 0 Å². The Labute approximate surface area is 107 Å². The summed E-state index contributed by atoms with van der Waals surface area (Å²) in [6, 6.07) is 7.66. The minimum Gasteiger partial charge on any atom is -0.496 e. The van der Waals surface area contributed by atoms with Gasteiger partial charge in [0.15, 0.2) is 5.78 Å². The minimum absolute atomic E-state index is 0.105. The number of para-hydroxylation sites is 1. The highest BCUT2D eigenvalue weighted by atomic mass is 16.5. The van der Waals surface area contributed by atoms with Crippen molar-refractivity contribution in [3.63, 3.8) is 0 Å². The van der Waals surface area contributed by atoms with Crippen LogP contribution in [-0.2, 0) is 4.79 Å². The predicted molar refractivity (Wildman–Crippen MR) is 70.4 cm³/mol. The third kappa shape index (κ3) is 2.79. The van der Waals surface area contributed by atoms with Gasteiger partial charge in [0.2, 0.25) is 0 Å². The summed E-state index contributed by atoms with van der Waals surface area (Å²) in [5, 5.41) is 9.08. The number of carbonyl (C=O) groups excluding carboxylic acids is 1. The van der Waals surface area contributed by atoms with Crippen molar-refractivity contribution in [3.05, 3.63) is 35.4 Å². The number of benzene rings is 1. The van der Waals surface area contributed by atoms with Gasteiger partial charge in [0.25, 0.3) is 0 Å². The SMILES string of the molecule is COc1ccccc1C=C1CCC(CO)CC1=O. The van der Waals surface area contributed by atoms with Crippen LogP contribution in [0.25, 0.3) is 6.08 Å². The molecule has 1 atom stereocenters. The fourth-order valence-electron chi connectivity index (χ4n) is 2.28. The van der Waals surface area contributed by atoms with Crippen LogP contribution in [0.2, 0.25) is 0 Å². The summed E-state index contributed by atoms with van der Waals surface area (Å²) in [5.74, 6) is 1.06. The van der Waals surface area contributed by atoms with E-state index in [9.17, 15) is 4.79 Å². The molecule has 1 N–H and O–H groups in total. The normalized spacial score (nSPS) is 22.2. The molecule has 1 aromatic rings. The maximum atomic E-state index is 11.9. The van der Waals surface area contributed by atoms with Crippen LogP contribution >= 0.6 is 0 Å². The van der Waals surface area contributed by atoms with E-state index in [-0.39, 0.29) is 18.3 Å². The molecule has 0 spiro atoms. The number of carbonyl (C=O) groups is 1. The lowest BCUT2D eigenvalue weighted by Gasteiger charge is -2.21. The number of ether oxygens (including phenoxy) is 1. The topological polar surface area (TPSA) is 46.5 Å². The Bertz CT molecular complexity index is 463. The lowest BCUT2D eigenvalue weighted by atomic mass is 9.84. The summed E-state index contributed by atoms with van der Waals surface area (Å²) in [6.07, 6.45) is 3.98. The number of ketones is 1. The molecule has 1 aliphatic rings. The van der Waals surface area contributed by atoms with Gasteiger partial charge in [0.1, 0.15) is 5.75 Å². The third-order valence-corrected chi connectivity index (χ3v) is 3.38.